The van der Waals surface area contributed by atoms with Gasteiger partial charge in [0.25, 0.3) is 5.91 Å². The minimum Gasteiger partial charge on any atom is -0.507 e. The molecule has 6 nitrogen and oxygen atoms in total. The summed E-state index contributed by atoms with van der Waals surface area (Å²) in [4.78, 5) is 13.8. The number of carbonyl (C=O) groups excluding carboxylic acids is 1. The van der Waals surface area contributed by atoms with E-state index in [4.69, 9.17) is 10.9 Å². The lowest BCUT2D eigenvalue weighted by Gasteiger charge is -2.38. The van der Waals surface area contributed by atoms with Crippen LogP contribution in [0.3, 0.4) is 0 Å². The average molecular weight is 295 g/mol. The van der Waals surface area contributed by atoms with Crippen LogP contribution in [-0.2, 0) is 0 Å². The molecule has 1 aliphatic heterocycles. The number of nitrogens with two attached hydrogens (primary N) is 1. The molecule has 1 aliphatic rings. The average Bonchev–Trinajstić information content (AvgIpc) is 2.46. The smallest absolute Gasteiger partial charge is 0.260 e. The zero-order valence-electron chi connectivity index (χ0n) is 11.7. The van der Waals surface area contributed by atoms with Crippen LogP contribution >= 0.6 is 0 Å². The summed E-state index contributed by atoms with van der Waals surface area (Å²) in [7, 11) is 0. The summed E-state index contributed by atoms with van der Waals surface area (Å²) in [5.41, 5.74) is 4.86. The van der Waals surface area contributed by atoms with Gasteiger partial charge in [0.2, 0.25) is 0 Å². The Morgan fingerprint density at radius 1 is 1.43 bits per heavy atom. The van der Waals surface area contributed by atoms with E-state index in [1.165, 1.54) is 17.0 Å². The molecule has 0 bridgehead atoms. The Morgan fingerprint density at radius 2 is 2.05 bits per heavy atom. The van der Waals surface area contributed by atoms with Gasteiger partial charge in [-0.1, -0.05) is 18.1 Å². The molecule has 1 aromatic carbocycles. The quantitative estimate of drug-likeness (QED) is 0.333. The van der Waals surface area contributed by atoms with E-state index in [-0.39, 0.29) is 17.1 Å². The van der Waals surface area contributed by atoms with Crippen LogP contribution in [0.2, 0.25) is 0 Å². The molecule has 0 aliphatic carbocycles. The van der Waals surface area contributed by atoms with Gasteiger partial charge in [-0.25, -0.2) is 4.39 Å². The minimum atomic E-state index is -0.746. The molecule has 7 heteroatoms. The molecule has 0 unspecified atom stereocenters. The van der Waals surface area contributed by atoms with Crippen molar-refractivity contribution in [2.45, 2.75) is 19.8 Å². The van der Waals surface area contributed by atoms with Gasteiger partial charge in [-0.15, -0.1) is 0 Å². The number of phenolic OH excluding ortho intramolecular Hbond substituents is 1. The van der Waals surface area contributed by atoms with Crippen molar-refractivity contribution in [2.24, 2.45) is 16.3 Å². The molecular formula is C14H18FN3O3. The first kappa shape index (κ1) is 15.1. The standard InChI is InChI=1S/C14H18FN3O3/c1-14(13(16)17-21)5-7-18(8-6-14)12(20)11-9(15)3-2-4-10(11)19/h2-4,19,21H,5-8H2,1H3,(H2,16,17). The number of likely N-dealkylation sites (tertiary alicyclic amines) is 1. The monoisotopic (exact) mass is 295 g/mol. The fourth-order valence-corrected chi connectivity index (χ4v) is 2.46. The van der Waals surface area contributed by atoms with E-state index in [1.54, 1.807) is 0 Å². The van der Waals surface area contributed by atoms with Crippen LogP contribution in [0.15, 0.2) is 23.4 Å². The Hall–Kier alpha value is -2.31. The van der Waals surface area contributed by atoms with Crippen LogP contribution in [0.1, 0.15) is 30.1 Å². The molecule has 0 spiro atoms. The maximum atomic E-state index is 13.7. The Kier molecular flexibility index (Phi) is 4.02. The fourth-order valence-electron chi connectivity index (χ4n) is 2.46. The highest BCUT2D eigenvalue weighted by Crippen LogP contribution is 2.32. The maximum absolute atomic E-state index is 13.7. The van der Waals surface area contributed by atoms with Gasteiger partial charge in [-0.05, 0) is 25.0 Å². The lowest BCUT2D eigenvalue weighted by molar-refractivity contribution is 0.0658. The molecule has 114 valence electrons. The zero-order valence-corrected chi connectivity index (χ0v) is 11.7. The van der Waals surface area contributed by atoms with Crippen molar-refractivity contribution in [3.8, 4) is 5.75 Å². The highest BCUT2D eigenvalue weighted by atomic mass is 19.1. The predicted octanol–water partition coefficient (Wildman–Crippen LogP) is 1.52. The van der Waals surface area contributed by atoms with E-state index < -0.39 is 17.1 Å². The third-order valence-corrected chi connectivity index (χ3v) is 4.09. The van der Waals surface area contributed by atoms with Crippen molar-refractivity contribution < 1.29 is 19.5 Å². The van der Waals surface area contributed by atoms with Crippen molar-refractivity contribution in [1.29, 1.82) is 0 Å². The predicted molar refractivity (Wildman–Crippen MR) is 74.7 cm³/mol. The number of benzene rings is 1. The van der Waals surface area contributed by atoms with Gasteiger partial charge in [-0.3, -0.25) is 4.79 Å². The first-order valence-electron chi connectivity index (χ1n) is 6.64. The van der Waals surface area contributed by atoms with Crippen molar-refractivity contribution in [2.75, 3.05) is 13.1 Å². The van der Waals surface area contributed by atoms with E-state index in [0.717, 1.165) is 6.07 Å². The summed E-state index contributed by atoms with van der Waals surface area (Å²) in [6.07, 6.45) is 1.01. The molecule has 0 aromatic heterocycles. The molecule has 1 amide bonds. The Balaban J connectivity index is 2.14. The van der Waals surface area contributed by atoms with Crippen LogP contribution in [0, 0.1) is 11.2 Å². The van der Waals surface area contributed by atoms with E-state index >= 15 is 0 Å². The second kappa shape index (κ2) is 5.59. The van der Waals surface area contributed by atoms with Gasteiger partial charge in [0.15, 0.2) is 0 Å². The van der Waals surface area contributed by atoms with E-state index in [1.807, 2.05) is 6.92 Å². The first-order chi connectivity index (χ1) is 9.89. The summed E-state index contributed by atoms with van der Waals surface area (Å²) in [5, 5.41) is 21.5. The highest BCUT2D eigenvalue weighted by molar-refractivity contribution is 5.97. The molecular weight excluding hydrogens is 277 g/mol. The molecule has 0 saturated carbocycles. The van der Waals surface area contributed by atoms with Gasteiger partial charge in [0.1, 0.15) is 23.0 Å². The van der Waals surface area contributed by atoms with Crippen molar-refractivity contribution in [3.05, 3.63) is 29.6 Å². The van der Waals surface area contributed by atoms with Crippen LogP contribution in [0.4, 0.5) is 4.39 Å². The number of rotatable bonds is 2. The second-order valence-electron chi connectivity index (χ2n) is 5.47. The minimum absolute atomic E-state index is 0.128. The van der Waals surface area contributed by atoms with Crippen molar-refractivity contribution in [1.82, 2.24) is 4.90 Å². The number of piperidine rings is 1. The number of oxime groups is 1. The van der Waals surface area contributed by atoms with E-state index in [9.17, 15) is 14.3 Å². The van der Waals surface area contributed by atoms with E-state index in [0.29, 0.717) is 25.9 Å². The molecule has 0 atom stereocenters. The van der Waals surface area contributed by atoms with E-state index in [2.05, 4.69) is 5.16 Å². The number of halogens is 1. The van der Waals surface area contributed by atoms with Gasteiger partial charge < -0.3 is 20.9 Å². The summed E-state index contributed by atoms with van der Waals surface area (Å²) in [5.74, 6) is -1.54. The number of carbonyl (C=O) groups is 1. The molecule has 4 N–H and O–H groups in total. The van der Waals surface area contributed by atoms with Gasteiger partial charge in [0, 0.05) is 18.5 Å². The van der Waals surface area contributed by atoms with Crippen LogP contribution < -0.4 is 5.73 Å². The van der Waals surface area contributed by atoms with Crippen molar-refractivity contribution >= 4 is 11.7 Å². The van der Waals surface area contributed by atoms with Crippen LogP contribution in [0.5, 0.6) is 5.75 Å². The maximum Gasteiger partial charge on any atom is 0.260 e. The summed E-state index contributed by atoms with van der Waals surface area (Å²) in [6.45, 7) is 2.54. The number of hydrogen-bond donors (Lipinski definition) is 3. The number of phenols is 1. The SMILES string of the molecule is CC1(/C(N)=N/O)CCN(C(=O)c2c(O)cccc2F)CC1. The number of nitrogens with zero attached hydrogens (tertiary/aromatic N) is 2. The van der Waals surface area contributed by atoms with Gasteiger partial charge >= 0.3 is 0 Å². The summed E-state index contributed by atoms with van der Waals surface area (Å²) < 4.78 is 13.7. The highest BCUT2D eigenvalue weighted by Gasteiger charge is 2.36. The molecule has 0 radical (unpaired) electrons. The topological polar surface area (TPSA) is 99.2 Å². The number of amidine groups is 1. The molecule has 1 heterocycles. The largest absolute Gasteiger partial charge is 0.507 e. The number of aromatic hydroxyl groups is 1. The lowest BCUT2D eigenvalue weighted by atomic mass is 9.79. The zero-order chi connectivity index (χ0) is 15.6. The third-order valence-electron chi connectivity index (χ3n) is 4.09. The first-order valence-corrected chi connectivity index (χ1v) is 6.64. The van der Waals surface area contributed by atoms with Crippen LogP contribution in [-0.4, -0.2) is 40.0 Å². The number of hydrogen-bond acceptors (Lipinski definition) is 4. The summed E-state index contributed by atoms with van der Waals surface area (Å²) >= 11 is 0. The molecule has 1 aromatic rings. The van der Waals surface area contributed by atoms with Crippen LogP contribution in [0.25, 0.3) is 0 Å². The molecule has 1 saturated heterocycles. The van der Waals surface area contributed by atoms with Gasteiger partial charge in [-0.2, -0.15) is 0 Å². The lowest BCUT2D eigenvalue weighted by Crippen LogP contribution is -2.47. The Labute approximate surface area is 121 Å². The third kappa shape index (κ3) is 2.76. The Bertz CT molecular complexity index is 561. The Morgan fingerprint density at radius 3 is 2.57 bits per heavy atom. The van der Waals surface area contributed by atoms with Crippen molar-refractivity contribution in [3.63, 3.8) is 0 Å². The fraction of sp³-hybridized carbons (Fsp3) is 0.429. The normalized spacial score (nSPS) is 18.6. The molecule has 21 heavy (non-hydrogen) atoms. The van der Waals surface area contributed by atoms with Gasteiger partial charge in [0.05, 0.1) is 0 Å². The molecule has 1 fully saturated rings. The second-order valence-corrected chi connectivity index (χ2v) is 5.47. The summed E-state index contributed by atoms with van der Waals surface area (Å²) in [6, 6.07) is 3.76. The number of amides is 1. The molecule has 2 rings (SSSR count).